The summed E-state index contributed by atoms with van der Waals surface area (Å²) in [5.41, 5.74) is 1.91. The van der Waals surface area contributed by atoms with Gasteiger partial charge in [0.15, 0.2) is 5.78 Å². The van der Waals surface area contributed by atoms with Crippen LogP contribution in [-0.2, 0) is 0 Å². The van der Waals surface area contributed by atoms with Crippen molar-refractivity contribution in [3.63, 3.8) is 0 Å². The number of carbonyl (C=O) groups is 2. The average molecular weight is 388 g/mol. The SMILES string of the molecule is O=C(c1ccccc1)c1ccccc1C(=O)N1CCN(c2ccccc2F)CC1. The third kappa shape index (κ3) is 3.90. The maximum Gasteiger partial charge on any atom is 0.254 e. The lowest BCUT2D eigenvalue weighted by Crippen LogP contribution is -2.49. The van der Waals surface area contributed by atoms with Crippen LogP contribution >= 0.6 is 0 Å². The Hall–Kier alpha value is -3.47. The van der Waals surface area contributed by atoms with E-state index in [-0.39, 0.29) is 17.5 Å². The van der Waals surface area contributed by atoms with Crippen LogP contribution in [0, 0.1) is 5.82 Å². The Bertz CT molecular complexity index is 1030. The molecule has 146 valence electrons. The number of halogens is 1. The van der Waals surface area contributed by atoms with Crippen molar-refractivity contribution in [3.8, 4) is 0 Å². The van der Waals surface area contributed by atoms with Crippen LogP contribution in [0.15, 0.2) is 78.9 Å². The fraction of sp³-hybridized carbons (Fsp3) is 0.167. The maximum absolute atomic E-state index is 14.0. The summed E-state index contributed by atoms with van der Waals surface area (Å²) in [6.45, 7) is 2.03. The van der Waals surface area contributed by atoms with Gasteiger partial charge < -0.3 is 9.80 Å². The average Bonchev–Trinajstić information content (AvgIpc) is 2.79. The van der Waals surface area contributed by atoms with Crippen LogP contribution < -0.4 is 4.90 Å². The Morgan fingerprint density at radius 3 is 1.97 bits per heavy atom. The first kappa shape index (κ1) is 18.9. The first-order valence-corrected chi connectivity index (χ1v) is 9.62. The molecule has 5 heteroatoms. The van der Waals surface area contributed by atoms with Crippen molar-refractivity contribution in [1.82, 2.24) is 4.90 Å². The van der Waals surface area contributed by atoms with Gasteiger partial charge >= 0.3 is 0 Å². The van der Waals surface area contributed by atoms with Crippen molar-refractivity contribution in [2.24, 2.45) is 0 Å². The highest BCUT2D eigenvalue weighted by molar-refractivity contribution is 6.15. The van der Waals surface area contributed by atoms with E-state index in [0.29, 0.717) is 48.6 Å². The first-order valence-electron chi connectivity index (χ1n) is 9.62. The summed E-state index contributed by atoms with van der Waals surface area (Å²) in [5.74, 6) is -0.594. The minimum atomic E-state index is -0.258. The predicted octanol–water partition coefficient (Wildman–Crippen LogP) is 4.02. The van der Waals surface area contributed by atoms with Gasteiger partial charge in [0.25, 0.3) is 5.91 Å². The molecule has 3 aromatic rings. The molecule has 4 nitrogen and oxygen atoms in total. The third-order valence-electron chi connectivity index (χ3n) is 5.20. The molecule has 1 amide bonds. The molecule has 1 fully saturated rings. The smallest absolute Gasteiger partial charge is 0.254 e. The van der Waals surface area contributed by atoms with Crippen molar-refractivity contribution in [2.45, 2.75) is 0 Å². The van der Waals surface area contributed by atoms with E-state index in [9.17, 15) is 14.0 Å². The Labute approximate surface area is 169 Å². The number of anilines is 1. The standard InChI is InChI=1S/C24H21FN2O2/c25-21-12-6-7-13-22(21)26-14-16-27(17-15-26)24(29)20-11-5-4-10-19(20)23(28)18-8-2-1-3-9-18/h1-13H,14-17H2. The zero-order valence-electron chi connectivity index (χ0n) is 15.9. The number of rotatable bonds is 4. The second-order valence-electron chi connectivity index (χ2n) is 6.97. The van der Waals surface area contributed by atoms with Crippen molar-refractivity contribution >= 4 is 17.4 Å². The highest BCUT2D eigenvalue weighted by atomic mass is 19.1. The van der Waals surface area contributed by atoms with E-state index in [1.165, 1.54) is 6.07 Å². The molecule has 0 atom stereocenters. The van der Waals surface area contributed by atoms with Gasteiger partial charge in [0.2, 0.25) is 0 Å². The summed E-state index contributed by atoms with van der Waals surface area (Å²) in [4.78, 5) is 29.7. The lowest BCUT2D eigenvalue weighted by Gasteiger charge is -2.36. The minimum Gasteiger partial charge on any atom is -0.366 e. The zero-order valence-corrected chi connectivity index (χ0v) is 15.9. The lowest BCUT2D eigenvalue weighted by molar-refractivity contribution is 0.0742. The molecule has 0 aromatic heterocycles. The number of hydrogen-bond acceptors (Lipinski definition) is 3. The highest BCUT2D eigenvalue weighted by Gasteiger charge is 2.26. The number of carbonyl (C=O) groups excluding carboxylic acids is 2. The number of piperazine rings is 1. The topological polar surface area (TPSA) is 40.6 Å². The summed E-state index contributed by atoms with van der Waals surface area (Å²) in [7, 11) is 0. The fourth-order valence-electron chi connectivity index (χ4n) is 3.64. The molecule has 0 N–H and O–H groups in total. The van der Waals surface area contributed by atoms with Crippen LogP contribution in [0.2, 0.25) is 0 Å². The van der Waals surface area contributed by atoms with Crippen molar-refractivity contribution in [1.29, 1.82) is 0 Å². The summed E-state index contributed by atoms with van der Waals surface area (Å²) in [6, 6.07) is 22.5. The zero-order chi connectivity index (χ0) is 20.2. The van der Waals surface area contributed by atoms with Gasteiger partial charge in [-0.25, -0.2) is 4.39 Å². The predicted molar refractivity (Wildman–Crippen MR) is 111 cm³/mol. The van der Waals surface area contributed by atoms with Crippen LogP contribution in [0.25, 0.3) is 0 Å². The van der Waals surface area contributed by atoms with Crippen LogP contribution in [-0.4, -0.2) is 42.8 Å². The molecule has 1 aliphatic rings. The van der Waals surface area contributed by atoms with Crippen LogP contribution in [0.5, 0.6) is 0 Å². The van der Waals surface area contributed by atoms with Gasteiger partial charge in [-0.3, -0.25) is 9.59 Å². The van der Waals surface area contributed by atoms with E-state index in [1.807, 2.05) is 11.0 Å². The van der Waals surface area contributed by atoms with E-state index in [4.69, 9.17) is 0 Å². The minimum absolute atomic E-state index is 0.167. The molecule has 0 unspecified atom stereocenters. The van der Waals surface area contributed by atoms with Crippen LogP contribution in [0.4, 0.5) is 10.1 Å². The van der Waals surface area contributed by atoms with Gasteiger partial charge in [0.05, 0.1) is 11.3 Å². The second kappa shape index (κ2) is 8.27. The van der Waals surface area contributed by atoms with E-state index in [2.05, 4.69) is 0 Å². The van der Waals surface area contributed by atoms with Gasteiger partial charge in [-0.15, -0.1) is 0 Å². The molecule has 3 aromatic carbocycles. The second-order valence-corrected chi connectivity index (χ2v) is 6.97. The number of para-hydroxylation sites is 1. The molecule has 1 aliphatic heterocycles. The van der Waals surface area contributed by atoms with Crippen LogP contribution in [0.3, 0.4) is 0 Å². The molecule has 1 heterocycles. The summed E-state index contributed by atoms with van der Waals surface area (Å²) in [6.07, 6.45) is 0. The Morgan fingerprint density at radius 2 is 1.28 bits per heavy atom. The molecule has 0 radical (unpaired) electrons. The molecule has 4 rings (SSSR count). The van der Waals surface area contributed by atoms with E-state index in [0.717, 1.165) is 0 Å². The molecular formula is C24H21FN2O2. The Balaban J connectivity index is 1.51. The third-order valence-corrected chi connectivity index (χ3v) is 5.20. The summed E-state index contributed by atoms with van der Waals surface area (Å²) in [5, 5.41) is 0. The lowest BCUT2D eigenvalue weighted by atomic mass is 9.97. The summed E-state index contributed by atoms with van der Waals surface area (Å²) < 4.78 is 14.0. The number of ketones is 1. The Kier molecular flexibility index (Phi) is 5.38. The largest absolute Gasteiger partial charge is 0.366 e. The van der Waals surface area contributed by atoms with Crippen molar-refractivity contribution in [3.05, 3.63) is 101 Å². The van der Waals surface area contributed by atoms with E-state index in [1.54, 1.807) is 71.6 Å². The monoisotopic (exact) mass is 388 g/mol. The first-order chi connectivity index (χ1) is 14.1. The number of nitrogens with zero attached hydrogens (tertiary/aromatic N) is 2. The highest BCUT2D eigenvalue weighted by Crippen LogP contribution is 2.22. The van der Waals surface area contributed by atoms with Crippen molar-refractivity contribution < 1.29 is 14.0 Å². The molecular weight excluding hydrogens is 367 g/mol. The molecule has 29 heavy (non-hydrogen) atoms. The van der Waals surface area contributed by atoms with E-state index >= 15 is 0 Å². The summed E-state index contributed by atoms with van der Waals surface area (Å²) >= 11 is 0. The molecule has 1 saturated heterocycles. The number of hydrogen-bond donors (Lipinski definition) is 0. The normalized spacial score (nSPS) is 14.0. The quantitative estimate of drug-likeness (QED) is 0.634. The Morgan fingerprint density at radius 1 is 0.690 bits per heavy atom. The maximum atomic E-state index is 14.0. The number of benzene rings is 3. The van der Waals surface area contributed by atoms with Gasteiger partial charge in [-0.1, -0.05) is 60.7 Å². The fourth-order valence-corrected chi connectivity index (χ4v) is 3.64. The molecule has 0 bridgehead atoms. The van der Waals surface area contributed by atoms with Gasteiger partial charge in [-0.05, 0) is 18.2 Å². The van der Waals surface area contributed by atoms with Gasteiger partial charge in [-0.2, -0.15) is 0 Å². The molecule has 0 spiro atoms. The molecule has 0 saturated carbocycles. The van der Waals surface area contributed by atoms with Gasteiger partial charge in [0.1, 0.15) is 5.82 Å². The van der Waals surface area contributed by atoms with Crippen molar-refractivity contribution in [2.75, 3.05) is 31.1 Å². The van der Waals surface area contributed by atoms with E-state index < -0.39 is 0 Å². The molecule has 0 aliphatic carbocycles. The number of amides is 1. The van der Waals surface area contributed by atoms with Crippen LogP contribution in [0.1, 0.15) is 26.3 Å². The van der Waals surface area contributed by atoms with Gasteiger partial charge in [0, 0.05) is 37.3 Å².